The standard InChI is InChI=1S/C57H61BN2O2S/c1-33(2)37-27-46-51-47(28-37)60(52-34(3)25-40(26-35(52)4)57(11,12)13)53-42-30-39(56(8,9)10)20-22-50(42)63-54(53)58(51)43-31-48-49(62-24-23-61-48)32-45(43)59(46)44-21-19-38(55(5,6)7)29-41(44)36-17-15-14-16-18-36/h14-22,25-33H,23-24H2,1-13H3. The van der Waals surface area contributed by atoms with E-state index in [0.717, 1.165) is 22.9 Å². The van der Waals surface area contributed by atoms with Crippen molar-refractivity contribution >= 4 is 78.0 Å². The Balaban J connectivity index is 1.37. The molecular weight excluding hydrogens is 788 g/mol. The van der Waals surface area contributed by atoms with E-state index in [1.165, 1.54) is 93.0 Å². The SMILES string of the molecule is Cc1cc(C(C)(C)C)cc(C)c1N1c2cc(C(C)C)cc3c2B(c2cc4c(cc2N3c2ccc(C(C)(C)C)cc2-c2ccccc2)OCCO4)c2sc3ccc(C(C)(C)C)cc3c21. The van der Waals surface area contributed by atoms with Crippen molar-refractivity contribution in [1.82, 2.24) is 0 Å². The second-order valence-electron chi connectivity index (χ2n) is 21.6. The summed E-state index contributed by atoms with van der Waals surface area (Å²) in [5.74, 6) is 1.90. The molecule has 4 nitrogen and oxygen atoms in total. The average molecular weight is 849 g/mol. The van der Waals surface area contributed by atoms with Crippen LogP contribution < -0.4 is 35.0 Å². The highest BCUT2D eigenvalue weighted by Gasteiger charge is 2.47. The monoisotopic (exact) mass is 848 g/mol. The third-order valence-corrected chi connectivity index (χ3v) is 14.9. The molecule has 0 bridgehead atoms. The summed E-state index contributed by atoms with van der Waals surface area (Å²) in [6.07, 6.45) is 0. The minimum atomic E-state index is -0.0384. The molecule has 7 aromatic rings. The molecule has 0 amide bonds. The van der Waals surface area contributed by atoms with Gasteiger partial charge in [-0.1, -0.05) is 131 Å². The van der Waals surface area contributed by atoms with Gasteiger partial charge in [-0.25, -0.2) is 0 Å². The predicted octanol–water partition coefficient (Wildman–Crippen LogP) is 14.1. The quantitative estimate of drug-likeness (QED) is 0.165. The predicted molar refractivity (Wildman–Crippen MR) is 272 cm³/mol. The number of thiophene rings is 1. The molecule has 0 spiro atoms. The van der Waals surface area contributed by atoms with E-state index >= 15 is 0 Å². The van der Waals surface area contributed by atoms with Crippen molar-refractivity contribution in [3.05, 3.63) is 137 Å². The molecule has 3 aliphatic rings. The summed E-state index contributed by atoms with van der Waals surface area (Å²) in [4.78, 5) is 5.25. The van der Waals surface area contributed by atoms with E-state index in [1.54, 1.807) is 0 Å². The number of fused-ring (bicyclic) bond motifs is 7. The molecule has 0 saturated carbocycles. The van der Waals surface area contributed by atoms with Crippen LogP contribution >= 0.6 is 11.3 Å². The van der Waals surface area contributed by atoms with Crippen LogP contribution in [0.1, 0.15) is 115 Å². The van der Waals surface area contributed by atoms with Gasteiger partial charge >= 0.3 is 0 Å². The highest BCUT2D eigenvalue weighted by Crippen LogP contribution is 2.53. The fraction of sp³-hybridized carbons (Fsp3) is 0.333. The van der Waals surface area contributed by atoms with Gasteiger partial charge in [0.2, 0.25) is 0 Å². The van der Waals surface area contributed by atoms with E-state index in [9.17, 15) is 0 Å². The van der Waals surface area contributed by atoms with Gasteiger partial charge in [0.25, 0.3) is 6.71 Å². The number of aryl methyl sites for hydroxylation is 2. The molecule has 6 aromatic carbocycles. The first kappa shape index (κ1) is 41.5. The minimum Gasteiger partial charge on any atom is -0.486 e. The molecular formula is C57H61BN2O2S. The summed E-state index contributed by atoms with van der Waals surface area (Å²) in [7, 11) is 0. The molecule has 0 aliphatic carbocycles. The summed E-state index contributed by atoms with van der Waals surface area (Å²) in [6, 6.07) is 39.8. The summed E-state index contributed by atoms with van der Waals surface area (Å²) in [6.45, 7) is 31.2. The van der Waals surface area contributed by atoms with Gasteiger partial charge in [0.15, 0.2) is 11.5 Å². The van der Waals surface area contributed by atoms with E-state index in [1.807, 2.05) is 11.3 Å². The van der Waals surface area contributed by atoms with Gasteiger partial charge in [0.05, 0.1) is 17.1 Å². The van der Waals surface area contributed by atoms with Crippen LogP contribution in [0.3, 0.4) is 0 Å². The Morgan fingerprint density at radius 3 is 1.78 bits per heavy atom. The second kappa shape index (κ2) is 14.5. The number of nitrogens with zero attached hydrogens (tertiary/aromatic N) is 2. The van der Waals surface area contributed by atoms with Crippen molar-refractivity contribution in [1.29, 1.82) is 0 Å². The van der Waals surface area contributed by atoms with E-state index in [4.69, 9.17) is 9.47 Å². The Labute approximate surface area is 380 Å². The van der Waals surface area contributed by atoms with Crippen LogP contribution in [0.25, 0.3) is 21.2 Å². The largest absolute Gasteiger partial charge is 0.486 e. The zero-order valence-corrected chi connectivity index (χ0v) is 40.3. The zero-order chi connectivity index (χ0) is 44.5. The number of ether oxygens (including phenoxy) is 2. The Hall–Kier alpha value is -5.46. The molecule has 0 radical (unpaired) electrons. The van der Waals surface area contributed by atoms with Crippen molar-refractivity contribution in [3.8, 4) is 22.6 Å². The summed E-state index contributed by atoms with van der Waals surface area (Å²) >= 11 is 1.96. The van der Waals surface area contributed by atoms with Crippen LogP contribution in [0.4, 0.5) is 34.1 Å². The third kappa shape index (κ3) is 6.78. The number of benzene rings is 6. The lowest BCUT2D eigenvalue weighted by Gasteiger charge is -2.45. The Morgan fingerprint density at radius 2 is 1.16 bits per heavy atom. The van der Waals surface area contributed by atoms with Crippen molar-refractivity contribution in [2.75, 3.05) is 23.0 Å². The maximum Gasteiger partial charge on any atom is 0.264 e. The van der Waals surface area contributed by atoms with E-state index in [-0.39, 0.29) is 28.9 Å². The summed E-state index contributed by atoms with van der Waals surface area (Å²) in [5.41, 5.74) is 20.2. The van der Waals surface area contributed by atoms with Crippen molar-refractivity contribution in [2.24, 2.45) is 0 Å². The highest BCUT2D eigenvalue weighted by atomic mass is 32.1. The maximum absolute atomic E-state index is 6.47. The normalized spacial score (nSPS) is 14.6. The van der Waals surface area contributed by atoms with Gasteiger partial charge in [0, 0.05) is 43.6 Å². The third-order valence-electron chi connectivity index (χ3n) is 13.6. The van der Waals surface area contributed by atoms with Gasteiger partial charge < -0.3 is 19.3 Å². The molecule has 320 valence electrons. The topological polar surface area (TPSA) is 24.9 Å². The van der Waals surface area contributed by atoms with Crippen LogP contribution in [0.15, 0.2) is 103 Å². The molecule has 0 unspecified atom stereocenters. The average Bonchev–Trinajstić information content (AvgIpc) is 3.61. The van der Waals surface area contributed by atoms with Crippen LogP contribution in [0.5, 0.6) is 11.5 Å². The Bertz CT molecular complexity index is 2950. The van der Waals surface area contributed by atoms with Crippen LogP contribution in [0.2, 0.25) is 0 Å². The van der Waals surface area contributed by atoms with Crippen molar-refractivity contribution in [2.45, 2.75) is 112 Å². The molecule has 10 rings (SSSR count). The van der Waals surface area contributed by atoms with Crippen molar-refractivity contribution < 1.29 is 9.47 Å². The van der Waals surface area contributed by atoms with Gasteiger partial charge in [-0.3, -0.25) is 0 Å². The molecule has 4 heterocycles. The number of hydrogen-bond acceptors (Lipinski definition) is 5. The number of anilines is 6. The van der Waals surface area contributed by atoms with Crippen LogP contribution in [0, 0.1) is 13.8 Å². The van der Waals surface area contributed by atoms with E-state index < -0.39 is 0 Å². The summed E-state index contributed by atoms with van der Waals surface area (Å²) in [5, 5.41) is 1.31. The van der Waals surface area contributed by atoms with E-state index in [0.29, 0.717) is 13.2 Å². The summed E-state index contributed by atoms with van der Waals surface area (Å²) < 4.78 is 15.6. The fourth-order valence-electron chi connectivity index (χ4n) is 10.1. The second-order valence-corrected chi connectivity index (χ2v) is 22.7. The van der Waals surface area contributed by atoms with Crippen LogP contribution in [-0.4, -0.2) is 19.9 Å². The minimum absolute atomic E-state index is 0.00801. The van der Waals surface area contributed by atoms with Gasteiger partial charge in [-0.2, -0.15) is 0 Å². The number of hydrogen-bond donors (Lipinski definition) is 0. The molecule has 63 heavy (non-hydrogen) atoms. The molecule has 0 N–H and O–H groups in total. The first-order valence-corrected chi connectivity index (χ1v) is 23.7. The zero-order valence-electron chi connectivity index (χ0n) is 39.5. The Kier molecular flexibility index (Phi) is 9.59. The fourth-order valence-corrected chi connectivity index (χ4v) is 11.4. The first-order valence-electron chi connectivity index (χ1n) is 22.9. The van der Waals surface area contributed by atoms with Gasteiger partial charge in [-0.15, -0.1) is 11.3 Å². The maximum atomic E-state index is 6.47. The van der Waals surface area contributed by atoms with Crippen LogP contribution in [-0.2, 0) is 16.2 Å². The first-order chi connectivity index (χ1) is 29.8. The lowest BCUT2D eigenvalue weighted by molar-refractivity contribution is 0.172. The van der Waals surface area contributed by atoms with Crippen molar-refractivity contribution in [3.63, 3.8) is 0 Å². The lowest BCUT2D eigenvalue weighted by atomic mass is 9.36. The molecule has 1 aromatic heterocycles. The highest BCUT2D eigenvalue weighted by molar-refractivity contribution is 7.33. The molecule has 0 atom stereocenters. The van der Waals surface area contributed by atoms with E-state index in [2.05, 4.69) is 203 Å². The molecule has 3 aliphatic heterocycles. The van der Waals surface area contributed by atoms with Gasteiger partial charge in [-0.05, 0) is 128 Å². The lowest BCUT2D eigenvalue weighted by Crippen LogP contribution is -2.60. The molecule has 0 fully saturated rings. The molecule has 0 saturated heterocycles. The molecule has 6 heteroatoms. The Morgan fingerprint density at radius 1 is 0.571 bits per heavy atom. The number of rotatable bonds is 4. The smallest absolute Gasteiger partial charge is 0.264 e. The van der Waals surface area contributed by atoms with Gasteiger partial charge in [0.1, 0.15) is 13.2 Å².